The molecule has 1 aliphatic rings. The second-order valence-electron chi connectivity index (χ2n) is 7.28. The van der Waals surface area contributed by atoms with Gasteiger partial charge in [0.1, 0.15) is 0 Å². The summed E-state index contributed by atoms with van der Waals surface area (Å²) in [6.07, 6.45) is 3.79. The number of carbonyl (C=O) groups is 1. The van der Waals surface area contributed by atoms with E-state index in [1.807, 2.05) is 0 Å². The van der Waals surface area contributed by atoms with Crippen molar-refractivity contribution in [2.75, 3.05) is 11.6 Å². The average molecular weight is 459 g/mol. The largest absolute Gasteiger partial charge is 0.417 e. The minimum absolute atomic E-state index is 0.0155. The molecule has 162 valence electrons. The summed E-state index contributed by atoms with van der Waals surface area (Å²) >= 11 is 1.19. The summed E-state index contributed by atoms with van der Waals surface area (Å²) in [7, 11) is -4.09. The number of nitrogens with one attached hydrogen (secondary N) is 1. The van der Waals surface area contributed by atoms with E-state index in [-0.39, 0.29) is 11.1 Å². The summed E-state index contributed by atoms with van der Waals surface area (Å²) in [6.45, 7) is 0. The molecule has 0 radical (unpaired) electrons. The molecule has 30 heavy (non-hydrogen) atoms. The monoisotopic (exact) mass is 458 g/mol. The maximum Gasteiger partial charge on any atom is 0.417 e. The van der Waals surface area contributed by atoms with E-state index in [4.69, 9.17) is 0 Å². The second kappa shape index (κ2) is 8.89. The van der Waals surface area contributed by atoms with Gasteiger partial charge >= 0.3 is 6.18 Å². The molecule has 0 aliphatic heterocycles. The van der Waals surface area contributed by atoms with E-state index >= 15 is 0 Å². The number of thiazole rings is 1. The lowest BCUT2D eigenvalue weighted by molar-refractivity contribution is -0.139. The number of aromatic nitrogens is 1. The molecular formula is C20H21F3N2O3S2. The molecule has 1 amide bonds. The molecule has 1 aromatic heterocycles. The Labute approximate surface area is 177 Å². The van der Waals surface area contributed by atoms with Crippen molar-refractivity contribution in [3.05, 3.63) is 47.0 Å². The number of benzene rings is 1. The molecule has 5 nitrogen and oxygen atoms in total. The molecule has 1 aliphatic carbocycles. The Balaban J connectivity index is 2.03. The summed E-state index contributed by atoms with van der Waals surface area (Å²) in [5.74, 6) is -0.201. The van der Waals surface area contributed by atoms with Gasteiger partial charge < -0.3 is 0 Å². The Bertz CT molecular complexity index is 1040. The second-order valence-corrected chi connectivity index (χ2v) is 10.2. The lowest BCUT2D eigenvalue weighted by atomic mass is 9.97. The van der Waals surface area contributed by atoms with Crippen LogP contribution in [0.1, 0.15) is 43.2 Å². The fourth-order valence-electron chi connectivity index (χ4n) is 3.56. The molecule has 1 aromatic carbocycles. The van der Waals surface area contributed by atoms with Crippen LogP contribution in [0.15, 0.2) is 40.7 Å². The lowest BCUT2D eigenvalue weighted by Gasteiger charge is -2.15. The van der Waals surface area contributed by atoms with Gasteiger partial charge in [-0.15, -0.1) is 11.3 Å². The van der Waals surface area contributed by atoms with Gasteiger partial charge in [0.2, 0.25) is 0 Å². The van der Waals surface area contributed by atoms with Crippen LogP contribution in [-0.4, -0.2) is 25.6 Å². The molecule has 0 spiro atoms. The number of nitrogens with zero attached hydrogens (tertiary/aromatic N) is 1. The highest BCUT2D eigenvalue weighted by atomic mass is 32.2. The number of rotatable bonds is 6. The minimum Gasteiger partial charge on any atom is -0.298 e. The molecule has 0 unspecified atom stereocenters. The minimum atomic E-state index is -4.88. The summed E-state index contributed by atoms with van der Waals surface area (Å²) in [5, 5.41) is 4.60. The van der Waals surface area contributed by atoms with Gasteiger partial charge in [0.05, 0.1) is 10.5 Å². The highest BCUT2D eigenvalue weighted by Gasteiger charge is 2.37. The van der Waals surface area contributed by atoms with Gasteiger partial charge in [0, 0.05) is 23.4 Å². The third-order valence-corrected chi connectivity index (χ3v) is 6.87. The van der Waals surface area contributed by atoms with Crippen molar-refractivity contribution in [2.24, 2.45) is 5.92 Å². The first-order chi connectivity index (χ1) is 14.1. The first-order valence-electron chi connectivity index (χ1n) is 9.38. The van der Waals surface area contributed by atoms with Gasteiger partial charge in [0.15, 0.2) is 15.0 Å². The number of anilines is 1. The summed E-state index contributed by atoms with van der Waals surface area (Å²) in [6, 6.07) is 2.89. The number of halogens is 3. The molecule has 0 atom stereocenters. The van der Waals surface area contributed by atoms with Gasteiger partial charge in [-0.25, -0.2) is 13.4 Å². The Morgan fingerprint density at radius 3 is 2.57 bits per heavy atom. The van der Waals surface area contributed by atoms with Crippen LogP contribution in [-0.2, 0) is 20.8 Å². The van der Waals surface area contributed by atoms with Crippen molar-refractivity contribution in [3.63, 3.8) is 0 Å². The average Bonchev–Trinajstić information content (AvgIpc) is 3.34. The molecule has 0 bridgehead atoms. The lowest BCUT2D eigenvalue weighted by Crippen LogP contribution is -2.16. The van der Waals surface area contributed by atoms with Crippen LogP contribution in [0, 0.1) is 5.92 Å². The molecule has 1 heterocycles. The summed E-state index contributed by atoms with van der Waals surface area (Å²) < 4.78 is 64.4. The van der Waals surface area contributed by atoms with Crippen molar-refractivity contribution in [1.29, 1.82) is 0 Å². The fraction of sp³-hybridized carbons (Fsp3) is 0.400. The predicted molar refractivity (Wildman–Crippen MR) is 110 cm³/mol. The Hall–Kier alpha value is -2.20. The topological polar surface area (TPSA) is 76.1 Å². The number of carbonyl (C=O) groups excluding carboxylic acids is 1. The first kappa shape index (κ1) is 22.5. The third-order valence-electron chi connectivity index (χ3n) is 5.02. The zero-order valence-electron chi connectivity index (χ0n) is 16.2. The van der Waals surface area contributed by atoms with Crippen molar-refractivity contribution in [1.82, 2.24) is 4.98 Å². The Morgan fingerprint density at radius 1 is 1.30 bits per heavy atom. The van der Waals surface area contributed by atoms with E-state index in [1.54, 1.807) is 11.5 Å². The number of allylic oxidation sites excluding steroid dienone is 1. The molecule has 1 saturated carbocycles. The maximum atomic E-state index is 13.6. The number of sulfone groups is 1. The highest BCUT2D eigenvalue weighted by molar-refractivity contribution is 7.90. The Kier molecular flexibility index (Phi) is 6.66. The van der Waals surface area contributed by atoms with E-state index in [1.165, 1.54) is 23.6 Å². The fourth-order valence-corrected chi connectivity index (χ4v) is 4.98. The number of hydrogen-bond donors (Lipinski definition) is 1. The van der Waals surface area contributed by atoms with Gasteiger partial charge in [0.25, 0.3) is 5.91 Å². The van der Waals surface area contributed by atoms with E-state index in [0.717, 1.165) is 44.1 Å². The van der Waals surface area contributed by atoms with Crippen LogP contribution >= 0.6 is 11.3 Å². The predicted octanol–water partition coefficient (Wildman–Crippen LogP) is 5.17. The molecule has 0 saturated heterocycles. The van der Waals surface area contributed by atoms with E-state index in [9.17, 15) is 26.4 Å². The normalized spacial score (nSPS) is 16.1. The van der Waals surface area contributed by atoms with Crippen molar-refractivity contribution < 1.29 is 26.4 Å². The van der Waals surface area contributed by atoms with Crippen molar-refractivity contribution in [3.8, 4) is 0 Å². The molecular weight excluding hydrogens is 437 g/mol. The van der Waals surface area contributed by atoms with Gasteiger partial charge in [-0.3, -0.25) is 10.1 Å². The van der Waals surface area contributed by atoms with Gasteiger partial charge in [-0.05, 0) is 30.0 Å². The smallest absolute Gasteiger partial charge is 0.298 e. The van der Waals surface area contributed by atoms with Crippen molar-refractivity contribution >= 4 is 37.8 Å². The highest BCUT2D eigenvalue weighted by Crippen LogP contribution is 2.37. The van der Waals surface area contributed by atoms with Crippen LogP contribution < -0.4 is 5.32 Å². The summed E-state index contributed by atoms with van der Waals surface area (Å²) in [5.41, 5.74) is -1.19. The third kappa shape index (κ3) is 5.48. The Morgan fingerprint density at radius 2 is 2.00 bits per heavy atom. The standard InChI is InChI=1S/C20H21F3N2O3S2/c1-30(27,28)17-9-7-14(12-16(17)20(21,22)23)15(8-6-13-4-2-3-5-13)18(26)25-19-24-10-11-29-19/h7-13H,2-6H2,1H3,(H,24,25,26). The van der Waals surface area contributed by atoms with E-state index < -0.39 is 32.4 Å². The van der Waals surface area contributed by atoms with Crippen LogP contribution in [0.3, 0.4) is 0 Å². The first-order valence-corrected chi connectivity index (χ1v) is 12.2. The SMILES string of the molecule is CS(=O)(=O)c1ccc(C(=CCC2CCCC2)C(=O)Nc2nccs2)cc1C(F)(F)F. The molecule has 3 rings (SSSR count). The summed E-state index contributed by atoms with van der Waals surface area (Å²) in [4.78, 5) is 16.0. The molecule has 10 heteroatoms. The van der Waals surface area contributed by atoms with Crippen LogP contribution in [0.4, 0.5) is 18.3 Å². The molecule has 2 aromatic rings. The number of alkyl halides is 3. The molecule has 1 N–H and O–H groups in total. The van der Waals surface area contributed by atoms with Crippen LogP contribution in [0.2, 0.25) is 0 Å². The quantitative estimate of drug-likeness (QED) is 0.606. The van der Waals surface area contributed by atoms with Crippen molar-refractivity contribution in [2.45, 2.75) is 43.2 Å². The van der Waals surface area contributed by atoms with E-state index in [2.05, 4.69) is 10.3 Å². The molecule has 1 fully saturated rings. The van der Waals surface area contributed by atoms with Crippen LogP contribution in [0.5, 0.6) is 0 Å². The van der Waals surface area contributed by atoms with Crippen LogP contribution in [0.25, 0.3) is 5.57 Å². The van der Waals surface area contributed by atoms with E-state index in [0.29, 0.717) is 17.5 Å². The zero-order chi connectivity index (χ0) is 21.9. The number of hydrogen-bond acceptors (Lipinski definition) is 5. The van der Waals surface area contributed by atoms with Gasteiger partial charge in [-0.1, -0.05) is 37.8 Å². The maximum absolute atomic E-state index is 13.6. The van der Waals surface area contributed by atoms with Gasteiger partial charge in [-0.2, -0.15) is 13.2 Å². The zero-order valence-corrected chi connectivity index (χ0v) is 17.8. The number of amides is 1.